The Morgan fingerprint density at radius 2 is 1.96 bits per heavy atom. The van der Waals surface area contributed by atoms with Gasteiger partial charge in [-0.2, -0.15) is 0 Å². The maximum absolute atomic E-state index is 12.2. The zero-order chi connectivity index (χ0) is 19.9. The molecule has 0 bridgehead atoms. The molecule has 1 N–H and O–H groups in total. The molecule has 0 aliphatic heterocycles. The van der Waals surface area contributed by atoms with Gasteiger partial charge in [0.2, 0.25) is 0 Å². The molecule has 1 atom stereocenters. The van der Waals surface area contributed by atoms with Crippen LogP contribution in [-0.4, -0.2) is 27.9 Å². The van der Waals surface area contributed by atoms with Crippen molar-refractivity contribution in [1.29, 1.82) is 0 Å². The summed E-state index contributed by atoms with van der Waals surface area (Å²) in [6.07, 6.45) is 0.840. The van der Waals surface area contributed by atoms with Crippen LogP contribution in [0, 0.1) is 6.92 Å². The van der Waals surface area contributed by atoms with E-state index in [0.717, 1.165) is 21.8 Å². The second kappa shape index (κ2) is 9.23. The van der Waals surface area contributed by atoms with Gasteiger partial charge < -0.3 is 10.1 Å². The number of thiazole rings is 1. The summed E-state index contributed by atoms with van der Waals surface area (Å²) in [6.45, 7) is 3.95. The molecule has 0 fully saturated rings. The monoisotopic (exact) mass is 395 g/mol. The Labute approximate surface area is 167 Å². The van der Waals surface area contributed by atoms with Crippen molar-refractivity contribution in [2.24, 2.45) is 0 Å². The van der Waals surface area contributed by atoms with Crippen LogP contribution < -0.4 is 5.32 Å². The van der Waals surface area contributed by atoms with Gasteiger partial charge in [0.15, 0.2) is 6.10 Å². The van der Waals surface area contributed by atoms with Gasteiger partial charge in [-0.25, -0.2) is 4.98 Å². The molecule has 0 saturated heterocycles. The standard InChI is InChI=1S/C21H21N3O3S/c1-14-6-8-16(9-7-14)12-23-20(26)15(2)27-19(25)11-17-13-28-21(24-17)18-5-3-4-10-22-18/h3-10,13,15H,11-12H2,1-2H3,(H,23,26). The Hall–Kier alpha value is -3.06. The lowest BCUT2D eigenvalue weighted by molar-refractivity contribution is -0.154. The van der Waals surface area contributed by atoms with Crippen molar-refractivity contribution in [1.82, 2.24) is 15.3 Å². The van der Waals surface area contributed by atoms with Gasteiger partial charge in [-0.3, -0.25) is 14.6 Å². The molecular weight excluding hydrogens is 374 g/mol. The lowest BCUT2D eigenvalue weighted by Gasteiger charge is -2.13. The molecule has 1 unspecified atom stereocenters. The number of nitrogens with zero attached hydrogens (tertiary/aromatic N) is 2. The molecule has 0 spiro atoms. The predicted octanol–water partition coefficient (Wildman–Crippen LogP) is 3.30. The first-order chi connectivity index (χ1) is 13.5. The quantitative estimate of drug-likeness (QED) is 0.621. The zero-order valence-electron chi connectivity index (χ0n) is 15.7. The van der Waals surface area contributed by atoms with Crippen LogP contribution in [0.5, 0.6) is 0 Å². The molecule has 0 aliphatic carbocycles. The highest BCUT2D eigenvalue weighted by atomic mass is 32.1. The molecule has 0 aliphatic rings. The number of nitrogens with one attached hydrogen (secondary N) is 1. The van der Waals surface area contributed by atoms with Gasteiger partial charge in [-0.15, -0.1) is 11.3 Å². The number of aromatic nitrogens is 2. The first-order valence-corrected chi connectivity index (χ1v) is 9.78. The molecule has 2 heterocycles. The summed E-state index contributed by atoms with van der Waals surface area (Å²) < 4.78 is 5.24. The maximum Gasteiger partial charge on any atom is 0.312 e. The fourth-order valence-electron chi connectivity index (χ4n) is 2.47. The average molecular weight is 395 g/mol. The molecule has 0 saturated carbocycles. The third kappa shape index (κ3) is 5.47. The van der Waals surface area contributed by atoms with Gasteiger partial charge >= 0.3 is 5.97 Å². The van der Waals surface area contributed by atoms with Crippen LogP contribution >= 0.6 is 11.3 Å². The van der Waals surface area contributed by atoms with E-state index in [1.54, 1.807) is 18.5 Å². The first-order valence-electron chi connectivity index (χ1n) is 8.90. The SMILES string of the molecule is Cc1ccc(CNC(=O)C(C)OC(=O)Cc2csc(-c3ccccn3)n2)cc1. The van der Waals surface area contributed by atoms with E-state index < -0.39 is 12.1 Å². The molecule has 0 radical (unpaired) electrons. The van der Waals surface area contributed by atoms with E-state index in [4.69, 9.17) is 4.74 Å². The van der Waals surface area contributed by atoms with E-state index in [-0.39, 0.29) is 12.3 Å². The molecule has 3 aromatic rings. The number of carbonyl (C=O) groups is 2. The summed E-state index contributed by atoms with van der Waals surface area (Å²) in [6, 6.07) is 13.5. The molecule has 2 aromatic heterocycles. The minimum absolute atomic E-state index is 0.0128. The molecule has 1 aromatic carbocycles. The smallest absolute Gasteiger partial charge is 0.312 e. The normalized spacial score (nSPS) is 11.6. The highest BCUT2D eigenvalue weighted by molar-refractivity contribution is 7.13. The minimum Gasteiger partial charge on any atom is -0.452 e. The van der Waals surface area contributed by atoms with Crippen LogP contribution in [-0.2, 0) is 27.3 Å². The number of pyridine rings is 1. The number of ether oxygens (including phenoxy) is 1. The number of hydrogen-bond donors (Lipinski definition) is 1. The number of amides is 1. The van der Waals surface area contributed by atoms with Gasteiger partial charge in [0.1, 0.15) is 5.01 Å². The van der Waals surface area contributed by atoms with Gasteiger partial charge in [0.05, 0.1) is 17.8 Å². The molecule has 144 valence electrons. The van der Waals surface area contributed by atoms with E-state index in [2.05, 4.69) is 15.3 Å². The van der Waals surface area contributed by atoms with Crippen molar-refractivity contribution in [3.05, 3.63) is 70.9 Å². The number of rotatable bonds is 7. The average Bonchev–Trinajstić information content (AvgIpc) is 3.16. The Morgan fingerprint density at radius 1 is 1.18 bits per heavy atom. The number of hydrogen-bond acceptors (Lipinski definition) is 6. The van der Waals surface area contributed by atoms with E-state index >= 15 is 0 Å². The molecule has 6 nitrogen and oxygen atoms in total. The van der Waals surface area contributed by atoms with E-state index in [0.29, 0.717) is 12.2 Å². The number of carbonyl (C=O) groups excluding carboxylic acids is 2. The van der Waals surface area contributed by atoms with Crippen LogP contribution in [0.4, 0.5) is 0 Å². The minimum atomic E-state index is -0.869. The summed E-state index contributed by atoms with van der Waals surface area (Å²) in [5.41, 5.74) is 3.51. The van der Waals surface area contributed by atoms with Crippen molar-refractivity contribution >= 4 is 23.2 Å². The zero-order valence-corrected chi connectivity index (χ0v) is 16.5. The summed E-state index contributed by atoms with van der Waals surface area (Å²) in [5.74, 6) is -0.822. The highest BCUT2D eigenvalue weighted by Crippen LogP contribution is 2.21. The number of benzene rings is 1. The van der Waals surface area contributed by atoms with Crippen molar-refractivity contribution in [2.45, 2.75) is 32.9 Å². The van der Waals surface area contributed by atoms with Crippen LogP contribution in [0.15, 0.2) is 54.0 Å². The fraction of sp³-hybridized carbons (Fsp3) is 0.238. The van der Waals surface area contributed by atoms with Crippen LogP contribution in [0.3, 0.4) is 0 Å². The summed E-state index contributed by atoms with van der Waals surface area (Å²) in [7, 11) is 0. The first kappa shape index (κ1) is 19.7. The summed E-state index contributed by atoms with van der Waals surface area (Å²) in [5, 5.41) is 5.32. The Bertz CT molecular complexity index is 939. The fourth-order valence-corrected chi connectivity index (χ4v) is 3.27. The highest BCUT2D eigenvalue weighted by Gasteiger charge is 2.19. The van der Waals surface area contributed by atoms with Crippen molar-refractivity contribution in [2.75, 3.05) is 0 Å². The van der Waals surface area contributed by atoms with Gasteiger partial charge in [-0.05, 0) is 31.5 Å². The largest absolute Gasteiger partial charge is 0.452 e. The Morgan fingerprint density at radius 3 is 2.68 bits per heavy atom. The van der Waals surface area contributed by atoms with Gasteiger partial charge in [0, 0.05) is 18.1 Å². The lowest BCUT2D eigenvalue weighted by Crippen LogP contribution is -2.35. The van der Waals surface area contributed by atoms with E-state index in [1.165, 1.54) is 11.3 Å². The van der Waals surface area contributed by atoms with Crippen LogP contribution in [0.25, 0.3) is 10.7 Å². The predicted molar refractivity (Wildman–Crippen MR) is 108 cm³/mol. The molecule has 7 heteroatoms. The second-order valence-electron chi connectivity index (χ2n) is 6.37. The number of aryl methyl sites for hydroxylation is 1. The maximum atomic E-state index is 12.2. The van der Waals surface area contributed by atoms with Crippen molar-refractivity contribution in [3.63, 3.8) is 0 Å². The molecule has 1 amide bonds. The van der Waals surface area contributed by atoms with E-state index in [9.17, 15) is 9.59 Å². The molecule has 28 heavy (non-hydrogen) atoms. The second-order valence-corrected chi connectivity index (χ2v) is 7.23. The van der Waals surface area contributed by atoms with Crippen molar-refractivity contribution < 1.29 is 14.3 Å². The molecule has 3 rings (SSSR count). The Kier molecular flexibility index (Phi) is 6.49. The number of esters is 1. The van der Waals surface area contributed by atoms with Gasteiger partial charge in [0.25, 0.3) is 5.91 Å². The van der Waals surface area contributed by atoms with Crippen molar-refractivity contribution in [3.8, 4) is 10.7 Å². The van der Waals surface area contributed by atoms with Crippen LogP contribution in [0.2, 0.25) is 0 Å². The van der Waals surface area contributed by atoms with Gasteiger partial charge in [-0.1, -0.05) is 35.9 Å². The summed E-state index contributed by atoms with van der Waals surface area (Å²) in [4.78, 5) is 32.9. The molecular formula is C21H21N3O3S. The topological polar surface area (TPSA) is 81.2 Å². The third-order valence-electron chi connectivity index (χ3n) is 4.03. The van der Waals surface area contributed by atoms with Crippen LogP contribution in [0.1, 0.15) is 23.7 Å². The Balaban J connectivity index is 1.48. The van der Waals surface area contributed by atoms with E-state index in [1.807, 2.05) is 49.4 Å². The third-order valence-corrected chi connectivity index (χ3v) is 4.94. The lowest BCUT2D eigenvalue weighted by atomic mass is 10.1. The summed E-state index contributed by atoms with van der Waals surface area (Å²) >= 11 is 1.42.